The van der Waals surface area contributed by atoms with Crippen LogP contribution in [0.5, 0.6) is 5.75 Å². The minimum Gasteiger partial charge on any atom is -0.497 e. The van der Waals surface area contributed by atoms with Gasteiger partial charge >= 0.3 is 0 Å². The number of rotatable bonds is 7. The van der Waals surface area contributed by atoms with Crippen molar-refractivity contribution in [3.05, 3.63) is 29.8 Å². The fraction of sp³-hybridized carbons (Fsp3) is 0.667. The fourth-order valence-electron chi connectivity index (χ4n) is 3.31. The Morgan fingerprint density at radius 3 is 2.26 bits per heavy atom. The molecule has 1 aromatic carbocycles. The van der Waals surface area contributed by atoms with Crippen LogP contribution < -0.4 is 9.46 Å². The van der Waals surface area contributed by atoms with E-state index in [1.807, 2.05) is 38.1 Å². The van der Waals surface area contributed by atoms with Gasteiger partial charge in [0.2, 0.25) is 10.0 Å². The Labute approximate surface area is 140 Å². The predicted octanol–water partition coefficient (Wildman–Crippen LogP) is 3.89. The molecule has 0 aromatic heterocycles. The molecule has 0 bridgehead atoms. The van der Waals surface area contributed by atoms with Gasteiger partial charge in [-0.1, -0.05) is 45.2 Å². The van der Waals surface area contributed by atoms with Crippen LogP contribution in [0.3, 0.4) is 0 Å². The average molecular weight is 340 g/mol. The van der Waals surface area contributed by atoms with Crippen molar-refractivity contribution < 1.29 is 13.2 Å². The lowest BCUT2D eigenvalue weighted by Crippen LogP contribution is -2.35. The fourth-order valence-corrected chi connectivity index (χ4v) is 5.15. The van der Waals surface area contributed by atoms with Crippen molar-refractivity contribution in [1.29, 1.82) is 0 Å². The van der Waals surface area contributed by atoms with Gasteiger partial charge in [0, 0.05) is 6.04 Å². The smallest absolute Gasteiger partial charge is 0.212 e. The Balaban J connectivity index is 2.07. The molecule has 0 saturated heterocycles. The van der Waals surface area contributed by atoms with Crippen LogP contribution in [0.15, 0.2) is 24.3 Å². The molecular formula is C18H29NO3S. The van der Waals surface area contributed by atoms with E-state index in [0.717, 1.165) is 37.0 Å². The van der Waals surface area contributed by atoms with Gasteiger partial charge in [-0.05, 0) is 42.4 Å². The molecule has 5 heteroatoms. The highest BCUT2D eigenvalue weighted by Gasteiger charge is 2.26. The van der Waals surface area contributed by atoms with E-state index in [-0.39, 0.29) is 17.7 Å². The molecule has 1 atom stereocenters. The van der Waals surface area contributed by atoms with Crippen molar-refractivity contribution >= 4 is 10.0 Å². The lowest BCUT2D eigenvalue weighted by Gasteiger charge is -2.26. The van der Waals surface area contributed by atoms with Crippen LogP contribution in [0.25, 0.3) is 0 Å². The SMILES string of the molecule is COc1ccc([C@@H](NS(=O)(=O)CC2CCCCC2)C(C)C)cc1. The summed E-state index contributed by atoms with van der Waals surface area (Å²) < 4.78 is 33.2. The summed E-state index contributed by atoms with van der Waals surface area (Å²) in [4.78, 5) is 0. The molecule has 1 aliphatic rings. The third kappa shape index (κ3) is 5.50. The number of benzene rings is 1. The zero-order valence-corrected chi connectivity index (χ0v) is 15.2. The summed E-state index contributed by atoms with van der Waals surface area (Å²) >= 11 is 0. The van der Waals surface area contributed by atoms with Gasteiger partial charge in [0.1, 0.15) is 5.75 Å². The van der Waals surface area contributed by atoms with Crippen LogP contribution in [-0.2, 0) is 10.0 Å². The van der Waals surface area contributed by atoms with E-state index >= 15 is 0 Å². The van der Waals surface area contributed by atoms with E-state index in [4.69, 9.17) is 4.74 Å². The summed E-state index contributed by atoms with van der Waals surface area (Å²) in [5.41, 5.74) is 0.980. The van der Waals surface area contributed by atoms with Gasteiger partial charge in [-0.2, -0.15) is 0 Å². The standard InChI is InChI=1S/C18H29NO3S/c1-14(2)18(16-9-11-17(22-3)12-10-16)19-23(20,21)13-15-7-5-4-6-8-15/h9-12,14-15,18-19H,4-8,13H2,1-3H3/t18-/m0/s1. The molecule has 23 heavy (non-hydrogen) atoms. The number of nitrogens with one attached hydrogen (secondary N) is 1. The zero-order valence-electron chi connectivity index (χ0n) is 14.4. The number of sulfonamides is 1. The number of ether oxygens (including phenoxy) is 1. The van der Waals surface area contributed by atoms with Gasteiger partial charge in [0.15, 0.2) is 0 Å². The molecule has 1 aromatic rings. The minimum absolute atomic E-state index is 0.185. The predicted molar refractivity (Wildman–Crippen MR) is 94.1 cm³/mol. The molecular weight excluding hydrogens is 310 g/mol. The third-order valence-corrected chi connectivity index (χ3v) is 6.15. The van der Waals surface area contributed by atoms with Crippen LogP contribution in [0.4, 0.5) is 0 Å². The maximum absolute atomic E-state index is 12.6. The molecule has 0 heterocycles. The van der Waals surface area contributed by atoms with E-state index in [1.165, 1.54) is 6.42 Å². The third-order valence-electron chi connectivity index (χ3n) is 4.63. The largest absolute Gasteiger partial charge is 0.497 e. The first-order valence-electron chi connectivity index (χ1n) is 8.55. The summed E-state index contributed by atoms with van der Waals surface area (Å²) in [5, 5.41) is 0. The Bertz CT molecular complexity index is 575. The normalized spacial score (nSPS) is 18.1. The number of hydrogen-bond acceptors (Lipinski definition) is 3. The molecule has 0 unspecified atom stereocenters. The topological polar surface area (TPSA) is 55.4 Å². The molecule has 1 N–H and O–H groups in total. The highest BCUT2D eigenvalue weighted by atomic mass is 32.2. The molecule has 130 valence electrons. The molecule has 1 fully saturated rings. The molecule has 0 radical (unpaired) electrons. The van der Waals surface area contributed by atoms with E-state index in [1.54, 1.807) is 7.11 Å². The summed E-state index contributed by atoms with van der Waals surface area (Å²) in [6.07, 6.45) is 5.63. The molecule has 0 aliphatic heterocycles. The van der Waals surface area contributed by atoms with Crippen molar-refractivity contribution in [3.8, 4) is 5.75 Å². The molecule has 1 aliphatic carbocycles. The Kier molecular flexibility index (Phi) is 6.48. The van der Waals surface area contributed by atoms with Crippen LogP contribution in [0.2, 0.25) is 0 Å². The Morgan fingerprint density at radius 2 is 1.74 bits per heavy atom. The average Bonchev–Trinajstić information content (AvgIpc) is 2.53. The van der Waals surface area contributed by atoms with E-state index in [0.29, 0.717) is 5.92 Å². The minimum atomic E-state index is -3.27. The second-order valence-corrected chi connectivity index (χ2v) is 8.70. The van der Waals surface area contributed by atoms with Gasteiger partial charge in [-0.3, -0.25) is 0 Å². The lowest BCUT2D eigenvalue weighted by molar-refractivity contribution is 0.380. The Morgan fingerprint density at radius 1 is 1.13 bits per heavy atom. The summed E-state index contributed by atoms with van der Waals surface area (Å²) in [6.45, 7) is 4.08. The van der Waals surface area contributed by atoms with Gasteiger partial charge in [0.05, 0.1) is 12.9 Å². The monoisotopic (exact) mass is 339 g/mol. The maximum Gasteiger partial charge on any atom is 0.212 e. The highest BCUT2D eigenvalue weighted by Crippen LogP contribution is 2.28. The van der Waals surface area contributed by atoms with Crippen molar-refractivity contribution in [3.63, 3.8) is 0 Å². The van der Waals surface area contributed by atoms with Crippen molar-refractivity contribution in [2.45, 2.75) is 52.0 Å². The van der Waals surface area contributed by atoms with Crippen LogP contribution in [0.1, 0.15) is 57.6 Å². The Hall–Kier alpha value is -1.07. The number of hydrogen-bond donors (Lipinski definition) is 1. The number of methoxy groups -OCH3 is 1. The quantitative estimate of drug-likeness (QED) is 0.820. The summed E-state index contributed by atoms with van der Waals surface area (Å²) in [7, 11) is -1.64. The molecule has 0 amide bonds. The second-order valence-electron chi connectivity index (χ2n) is 6.90. The zero-order chi connectivity index (χ0) is 16.9. The van der Waals surface area contributed by atoms with Crippen LogP contribution >= 0.6 is 0 Å². The molecule has 2 rings (SSSR count). The highest BCUT2D eigenvalue weighted by molar-refractivity contribution is 7.89. The van der Waals surface area contributed by atoms with Gasteiger partial charge < -0.3 is 4.74 Å². The molecule has 1 saturated carbocycles. The van der Waals surface area contributed by atoms with Crippen molar-refractivity contribution in [1.82, 2.24) is 4.72 Å². The van der Waals surface area contributed by atoms with Crippen LogP contribution in [0, 0.1) is 11.8 Å². The van der Waals surface area contributed by atoms with Crippen molar-refractivity contribution in [2.24, 2.45) is 11.8 Å². The first-order valence-corrected chi connectivity index (χ1v) is 10.2. The first-order chi connectivity index (χ1) is 10.9. The molecule has 0 spiro atoms. The first kappa shape index (κ1) is 18.3. The van der Waals surface area contributed by atoms with Crippen LogP contribution in [-0.4, -0.2) is 21.3 Å². The second kappa shape index (κ2) is 8.15. The van der Waals surface area contributed by atoms with E-state index in [2.05, 4.69) is 4.72 Å². The molecule has 4 nitrogen and oxygen atoms in total. The van der Waals surface area contributed by atoms with E-state index in [9.17, 15) is 8.42 Å². The van der Waals surface area contributed by atoms with Gasteiger partial charge in [-0.15, -0.1) is 0 Å². The van der Waals surface area contributed by atoms with Crippen molar-refractivity contribution in [2.75, 3.05) is 12.9 Å². The summed E-state index contributed by atoms with van der Waals surface area (Å²) in [6, 6.07) is 7.43. The summed E-state index contributed by atoms with van der Waals surface area (Å²) in [5.74, 6) is 1.53. The van der Waals surface area contributed by atoms with E-state index < -0.39 is 10.0 Å². The van der Waals surface area contributed by atoms with Gasteiger partial charge in [0.25, 0.3) is 0 Å². The maximum atomic E-state index is 12.6. The lowest BCUT2D eigenvalue weighted by atomic mass is 9.91. The van der Waals surface area contributed by atoms with Gasteiger partial charge in [-0.25, -0.2) is 13.1 Å².